The van der Waals surface area contributed by atoms with Crippen molar-refractivity contribution in [3.63, 3.8) is 0 Å². The van der Waals surface area contributed by atoms with Crippen molar-refractivity contribution in [1.29, 1.82) is 0 Å². The summed E-state index contributed by atoms with van der Waals surface area (Å²) in [7, 11) is 0. The highest BCUT2D eigenvalue weighted by Crippen LogP contribution is 2.38. The Bertz CT molecular complexity index is 728. The first-order chi connectivity index (χ1) is 11.1. The van der Waals surface area contributed by atoms with E-state index in [2.05, 4.69) is 25.3 Å². The summed E-state index contributed by atoms with van der Waals surface area (Å²) in [5, 5.41) is 22.6. The van der Waals surface area contributed by atoms with E-state index in [1.165, 1.54) is 12.7 Å². The van der Waals surface area contributed by atoms with Crippen molar-refractivity contribution < 1.29 is 5.11 Å². The highest BCUT2D eigenvalue weighted by Gasteiger charge is 2.39. The van der Waals surface area contributed by atoms with Crippen LogP contribution in [0.1, 0.15) is 30.8 Å². The van der Waals surface area contributed by atoms with E-state index < -0.39 is 11.5 Å². The van der Waals surface area contributed by atoms with E-state index in [9.17, 15) is 5.11 Å². The number of hydrogen-bond acceptors (Lipinski definition) is 5. The highest BCUT2D eigenvalue weighted by molar-refractivity contribution is 6.30. The van der Waals surface area contributed by atoms with Crippen LogP contribution in [0.15, 0.2) is 43.2 Å². The van der Waals surface area contributed by atoms with Gasteiger partial charge in [0.25, 0.3) is 0 Å². The molecule has 0 aliphatic rings. The fourth-order valence-electron chi connectivity index (χ4n) is 2.56. The van der Waals surface area contributed by atoms with E-state index in [0.29, 0.717) is 23.8 Å². The fraction of sp³-hybridized carbons (Fsp3) is 0.333. The van der Waals surface area contributed by atoms with Crippen LogP contribution < -0.4 is 0 Å². The molecule has 2 aromatic heterocycles. The number of rotatable bonds is 6. The Hall–Kier alpha value is -2.25. The number of H-pyrrole nitrogens is 1. The van der Waals surface area contributed by atoms with Gasteiger partial charge in [-0.3, -0.25) is 9.78 Å². The quantitative estimate of drug-likeness (QED) is 0.721. The Balaban J connectivity index is 1.89. The Morgan fingerprint density at radius 3 is 2.74 bits per heavy atom. The second-order valence-electron chi connectivity index (χ2n) is 5.60. The molecule has 1 aromatic carbocycles. The van der Waals surface area contributed by atoms with Crippen LogP contribution in [-0.4, -0.2) is 35.1 Å². The standard InChI is InChI=1S/C15H17ClN6O/c1-15(14-18-9-19-21-14,6-7-22-10-17-8-20-22)13(23)11-2-4-12(16)5-3-11/h2-5,8-10,13,23H,6-7H2,1H3,(H,18,19,21). The van der Waals surface area contributed by atoms with Gasteiger partial charge in [0, 0.05) is 11.6 Å². The van der Waals surface area contributed by atoms with Crippen LogP contribution in [0.5, 0.6) is 0 Å². The van der Waals surface area contributed by atoms with Gasteiger partial charge in [-0.25, -0.2) is 9.97 Å². The van der Waals surface area contributed by atoms with Crippen LogP contribution in [-0.2, 0) is 12.0 Å². The normalized spacial score (nSPS) is 15.3. The minimum atomic E-state index is -0.779. The lowest BCUT2D eigenvalue weighted by Crippen LogP contribution is -2.33. The molecule has 2 heterocycles. The van der Waals surface area contributed by atoms with Crippen molar-refractivity contribution in [2.75, 3.05) is 0 Å². The summed E-state index contributed by atoms with van der Waals surface area (Å²) >= 11 is 5.93. The van der Waals surface area contributed by atoms with Gasteiger partial charge >= 0.3 is 0 Å². The number of aliphatic hydroxyl groups is 1. The van der Waals surface area contributed by atoms with Gasteiger partial charge < -0.3 is 5.11 Å². The molecular formula is C15H17ClN6O. The van der Waals surface area contributed by atoms with Crippen molar-refractivity contribution in [1.82, 2.24) is 29.9 Å². The van der Waals surface area contributed by atoms with Crippen molar-refractivity contribution in [2.45, 2.75) is 31.4 Å². The maximum absolute atomic E-state index is 10.9. The number of aliphatic hydroxyl groups excluding tert-OH is 1. The zero-order valence-electron chi connectivity index (χ0n) is 12.6. The van der Waals surface area contributed by atoms with E-state index >= 15 is 0 Å². The monoisotopic (exact) mass is 332 g/mol. The second-order valence-corrected chi connectivity index (χ2v) is 6.04. The molecule has 2 N–H and O–H groups in total. The molecule has 0 amide bonds. The van der Waals surface area contributed by atoms with Crippen LogP contribution in [0.2, 0.25) is 5.02 Å². The molecular weight excluding hydrogens is 316 g/mol. The van der Waals surface area contributed by atoms with Gasteiger partial charge in [-0.05, 0) is 31.0 Å². The first kappa shape index (κ1) is 15.6. The first-order valence-electron chi connectivity index (χ1n) is 7.22. The number of hydrogen-bond donors (Lipinski definition) is 2. The number of aromatic nitrogens is 6. The molecule has 2 atom stereocenters. The topological polar surface area (TPSA) is 92.5 Å². The summed E-state index contributed by atoms with van der Waals surface area (Å²) in [5.41, 5.74) is 0.0834. The smallest absolute Gasteiger partial charge is 0.159 e. The third kappa shape index (κ3) is 3.25. The third-order valence-corrected chi connectivity index (χ3v) is 4.29. The molecule has 0 saturated heterocycles. The Morgan fingerprint density at radius 2 is 2.13 bits per heavy atom. The summed E-state index contributed by atoms with van der Waals surface area (Å²) in [4.78, 5) is 8.19. The molecule has 0 spiro atoms. The number of nitrogens with one attached hydrogen (secondary N) is 1. The number of benzene rings is 1. The molecule has 120 valence electrons. The summed E-state index contributed by atoms with van der Waals surface area (Å²) in [5.74, 6) is 0.556. The Kier molecular flexibility index (Phi) is 4.40. The zero-order chi connectivity index (χ0) is 16.3. The lowest BCUT2D eigenvalue weighted by molar-refractivity contribution is 0.0750. The van der Waals surface area contributed by atoms with E-state index in [1.807, 2.05) is 19.1 Å². The zero-order valence-corrected chi connectivity index (χ0v) is 13.4. The largest absolute Gasteiger partial charge is 0.387 e. The van der Waals surface area contributed by atoms with Crippen LogP contribution in [0.4, 0.5) is 0 Å². The van der Waals surface area contributed by atoms with Gasteiger partial charge in [0.2, 0.25) is 0 Å². The summed E-state index contributed by atoms with van der Waals surface area (Å²) < 4.78 is 1.72. The van der Waals surface area contributed by atoms with Gasteiger partial charge in [-0.1, -0.05) is 23.7 Å². The van der Waals surface area contributed by atoms with Crippen LogP contribution >= 0.6 is 11.6 Å². The molecule has 3 rings (SSSR count). The predicted octanol–water partition coefficient (Wildman–Crippen LogP) is 2.13. The SMILES string of the molecule is CC(CCn1cncn1)(c1nc[nH]n1)C(O)c1ccc(Cl)cc1. The van der Waals surface area contributed by atoms with Crippen LogP contribution in [0, 0.1) is 0 Å². The number of aryl methyl sites for hydroxylation is 1. The molecule has 0 bridgehead atoms. The maximum Gasteiger partial charge on any atom is 0.159 e. The van der Waals surface area contributed by atoms with Gasteiger partial charge in [0.1, 0.15) is 19.0 Å². The van der Waals surface area contributed by atoms with E-state index in [-0.39, 0.29) is 0 Å². The van der Waals surface area contributed by atoms with Crippen LogP contribution in [0.25, 0.3) is 0 Å². The number of nitrogens with zero attached hydrogens (tertiary/aromatic N) is 5. The molecule has 3 aromatic rings. The van der Waals surface area contributed by atoms with Crippen molar-refractivity contribution in [3.05, 3.63) is 59.7 Å². The minimum Gasteiger partial charge on any atom is -0.387 e. The summed E-state index contributed by atoms with van der Waals surface area (Å²) in [6, 6.07) is 7.15. The predicted molar refractivity (Wildman–Crippen MR) is 84.8 cm³/mol. The lowest BCUT2D eigenvalue weighted by atomic mass is 9.77. The van der Waals surface area contributed by atoms with Crippen molar-refractivity contribution >= 4 is 11.6 Å². The molecule has 0 saturated carbocycles. The van der Waals surface area contributed by atoms with Gasteiger partial charge in [0.05, 0.1) is 11.5 Å². The van der Waals surface area contributed by atoms with Crippen LogP contribution in [0.3, 0.4) is 0 Å². The Morgan fingerprint density at radius 1 is 1.35 bits per heavy atom. The number of halogens is 1. The molecule has 23 heavy (non-hydrogen) atoms. The van der Waals surface area contributed by atoms with E-state index in [0.717, 1.165) is 5.56 Å². The van der Waals surface area contributed by atoms with E-state index in [4.69, 9.17) is 11.6 Å². The maximum atomic E-state index is 10.9. The van der Waals surface area contributed by atoms with E-state index in [1.54, 1.807) is 23.1 Å². The van der Waals surface area contributed by atoms with Gasteiger partial charge in [0.15, 0.2) is 5.82 Å². The molecule has 0 aliphatic heterocycles. The lowest BCUT2D eigenvalue weighted by Gasteiger charge is -2.32. The molecule has 0 radical (unpaired) electrons. The minimum absolute atomic E-state index is 0.556. The Labute approximate surface area is 138 Å². The average Bonchev–Trinajstić information content (AvgIpc) is 3.26. The van der Waals surface area contributed by atoms with Crippen molar-refractivity contribution in [2.24, 2.45) is 0 Å². The molecule has 8 heteroatoms. The second kappa shape index (κ2) is 6.47. The molecule has 0 aliphatic carbocycles. The summed E-state index contributed by atoms with van der Waals surface area (Å²) in [6.07, 6.45) is 4.46. The fourth-order valence-corrected chi connectivity index (χ4v) is 2.69. The highest BCUT2D eigenvalue weighted by atomic mass is 35.5. The number of aromatic amines is 1. The molecule has 2 unspecified atom stereocenters. The van der Waals surface area contributed by atoms with Gasteiger partial charge in [-0.2, -0.15) is 10.2 Å². The summed E-state index contributed by atoms with van der Waals surface area (Å²) in [6.45, 7) is 2.53. The van der Waals surface area contributed by atoms with Crippen molar-refractivity contribution in [3.8, 4) is 0 Å². The third-order valence-electron chi connectivity index (χ3n) is 4.04. The average molecular weight is 333 g/mol. The van der Waals surface area contributed by atoms with Gasteiger partial charge in [-0.15, -0.1) is 0 Å². The molecule has 0 fully saturated rings. The molecule has 7 nitrogen and oxygen atoms in total. The first-order valence-corrected chi connectivity index (χ1v) is 7.59.